The van der Waals surface area contributed by atoms with Crippen molar-refractivity contribution in [1.29, 1.82) is 0 Å². The Bertz CT molecular complexity index is 3040. The van der Waals surface area contributed by atoms with Crippen LogP contribution in [0.5, 0.6) is 34.5 Å². The van der Waals surface area contributed by atoms with Crippen molar-refractivity contribution < 1.29 is 135 Å². The van der Waals surface area contributed by atoms with E-state index in [1.165, 1.54) is 24.3 Å². The summed E-state index contributed by atoms with van der Waals surface area (Å²) in [6.07, 6.45) is -32.0. The molecule has 19 N–H and O–H groups in total. The molecule has 0 amide bonds. The topological polar surface area (TPSA) is 495 Å². The maximum atomic E-state index is 15.1. The molecule has 416 valence electrons. The van der Waals surface area contributed by atoms with E-state index in [1.54, 1.807) is 0 Å². The molecule has 16 atom stereocenters. The average molecular weight is 1090 g/mol. The van der Waals surface area contributed by atoms with Crippen LogP contribution in [0.4, 0.5) is 0 Å². The fourth-order valence-corrected chi connectivity index (χ4v) is 9.18. The second kappa shape index (κ2) is 21.9. The average Bonchev–Trinajstić information content (AvgIpc) is 3.47. The first kappa shape index (κ1) is 56.4. The Labute approximate surface area is 430 Å². The molecule has 3 saturated heterocycles. The second-order valence-electron chi connectivity index (χ2n) is 18.3. The van der Waals surface area contributed by atoms with Crippen molar-refractivity contribution in [2.75, 3.05) is 19.8 Å². The number of Topliss-reactive ketones (excluding diaryl/α,β-unsaturated/α-hetero) is 2. The zero-order chi connectivity index (χ0) is 56.3. The largest absolute Gasteiger partial charge is 0.508 e. The molecule has 28 nitrogen and oxygen atoms in total. The molecule has 3 aliphatic heterocycles. The third kappa shape index (κ3) is 9.84. The Kier molecular flexibility index (Phi) is 16.0. The lowest BCUT2D eigenvalue weighted by atomic mass is 9.70. The summed E-state index contributed by atoms with van der Waals surface area (Å²) in [7, 11) is 0. The predicted molar refractivity (Wildman–Crippen MR) is 251 cm³/mol. The maximum Gasteiger partial charge on any atom is 0.239 e. The molecule has 77 heavy (non-hydrogen) atoms. The minimum Gasteiger partial charge on any atom is -0.508 e. The summed E-state index contributed by atoms with van der Waals surface area (Å²) in [6, 6.07) is 9.42. The zero-order valence-corrected chi connectivity index (χ0v) is 39.4. The van der Waals surface area contributed by atoms with Crippen molar-refractivity contribution in [2.45, 2.75) is 104 Å². The highest BCUT2D eigenvalue weighted by atomic mass is 16.7. The number of carbonyl (C=O) groups is 2. The Morgan fingerprint density at radius 2 is 1.06 bits per heavy atom. The highest BCUT2D eigenvalue weighted by Crippen LogP contribution is 2.50. The van der Waals surface area contributed by atoms with Crippen molar-refractivity contribution in [3.8, 4) is 45.8 Å². The summed E-state index contributed by atoms with van der Waals surface area (Å²) in [4.78, 5) is 44.7. The van der Waals surface area contributed by atoms with E-state index in [2.05, 4.69) is 0 Å². The first-order valence-electron chi connectivity index (χ1n) is 23.2. The van der Waals surface area contributed by atoms with E-state index in [9.17, 15) is 102 Å². The number of carbonyl (C=O) groups excluding carboxylic acids is 2. The van der Waals surface area contributed by atoms with Crippen molar-refractivity contribution in [2.24, 2.45) is 0 Å². The van der Waals surface area contributed by atoms with Gasteiger partial charge in [-0.05, 0) is 48.0 Å². The summed E-state index contributed by atoms with van der Waals surface area (Å²) in [6.45, 7) is -3.22. The molecule has 4 heterocycles. The lowest BCUT2D eigenvalue weighted by Crippen LogP contribution is -2.70. The van der Waals surface area contributed by atoms with Crippen LogP contribution in [0.15, 0.2) is 86.5 Å². The number of ketones is 2. The van der Waals surface area contributed by atoms with Crippen LogP contribution >= 0.6 is 0 Å². The van der Waals surface area contributed by atoms with E-state index >= 15 is 9.59 Å². The number of phenolic OH excluding ortho intramolecular Hbond substituents is 4. The third-order valence-corrected chi connectivity index (χ3v) is 13.5. The van der Waals surface area contributed by atoms with E-state index in [4.69, 9.17) is 28.1 Å². The lowest BCUT2D eigenvalue weighted by molar-refractivity contribution is -0.277. The zero-order valence-electron chi connectivity index (χ0n) is 39.4. The van der Waals surface area contributed by atoms with Gasteiger partial charge in [-0.2, -0.15) is 0 Å². The van der Waals surface area contributed by atoms with Gasteiger partial charge in [0.2, 0.25) is 46.7 Å². The Balaban J connectivity index is 1.41. The number of ether oxygens (including phenoxy) is 5. The van der Waals surface area contributed by atoms with Gasteiger partial charge in [-0.3, -0.25) is 14.4 Å². The molecule has 28 heteroatoms. The molecule has 1 unspecified atom stereocenters. The SMILES string of the molecule is O=C1C(Cc2c(O)c(O[C@@H]3O[C@H](CO)[C@@H](O)[C@H](O)[C@H]3O)c(O)c3c(=O)c(O[C@@H]4O[C@H](CO)[C@@H](O)[C@H](O)[C@H]4O)c(-c4ccc(O)cc4)oc23)=C(O)/C(=C(O)/C=C/c2ccc(O)cc2)C(=O)C1(O)[C@H]1O[C@H](CO)[C@@H](O)[C@H](O)[C@H]1O. The van der Waals surface area contributed by atoms with Crippen LogP contribution in [-0.4, -0.2) is 226 Å². The maximum absolute atomic E-state index is 15.1. The van der Waals surface area contributed by atoms with Crippen molar-refractivity contribution in [3.05, 3.63) is 98.6 Å². The van der Waals surface area contributed by atoms with Crippen LogP contribution < -0.4 is 14.9 Å². The summed E-state index contributed by atoms with van der Waals surface area (Å²) in [5.41, 5.74) is -10.2. The number of hydrogen-bond donors (Lipinski definition) is 19. The standard InChI is InChI=1S/C49H52O28/c50-12-22-29(58)34(63)37(66)46(72-22)49(71)44(69)20(27(56)25(45(49)70)21(55)10-3-15-1-6-17(53)7-2-15)11-19-28(57)42(76-47-38(67)35(64)30(59)23(13-51)73-47)32(61)26-33(62)43(40(75-41(19)26)16-4-8-18(54)9-5-16)77-48-39(68)36(65)31(60)24(14-52)74-48/h1-10,22-24,29-31,34-39,46-48,50-61,63-68,71H,11-14H2/b10-3+,25-21+/t22-,23-,24-,29-,30-,31-,34+,35+,36+,37-,38-,39-,46+,47+,48+,49?/m1/s1. The number of allylic oxidation sites excluding steroid dienone is 2. The number of aliphatic hydroxyl groups excluding tert-OH is 14. The molecule has 1 aromatic heterocycles. The number of benzene rings is 3. The molecule has 0 bridgehead atoms. The van der Waals surface area contributed by atoms with E-state index in [0.717, 1.165) is 36.4 Å². The van der Waals surface area contributed by atoms with Gasteiger partial charge in [0, 0.05) is 23.1 Å². The minimum atomic E-state index is -3.91. The van der Waals surface area contributed by atoms with Crippen LogP contribution in [0.2, 0.25) is 0 Å². The first-order valence-corrected chi connectivity index (χ1v) is 23.2. The van der Waals surface area contributed by atoms with E-state index in [-0.39, 0.29) is 22.6 Å². The smallest absolute Gasteiger partial charge is 0.239 e. The van der Waals surface area contributed by atoms with Crippen molar-refractivity contribution >= 4 is 28.6 Å². The summed E-state index contributed by atoms with van der Waals surface area (Å²) >= 11 is 0. The van der Waals surface area contributed by atoms with Crippen LogP contribution in [0.25, 0.3) is 28.4 Å². The molecule has 0 radical (unpaired) electrons. The molecule has 0 saturated carbocycles. The van der Waals surface area contributed by atoms with Gasteiger partial charge >= 0.3 is 0 Å². The Hall–Kier alpha value is -6.81. The van der Waals surface area contributed by atoms with Crippen LogP contribution in [0.3, 0.4) is 0 Å². The van der Waals surface area contributed by atoms with E-state index in [1.807, 2.05) is 0 Å². The Morgan fingerprint density at radius 3 is 1.58 bits per heavy atom. The summed E-state index contributed by atoms with van der Waals surface area (Å²) < 4.78 is 33.9. The molecule has 1 aliphatic carbocycles. The van der Waals surface area contributed by atoms with Gasteiger partial charge in [-0.1, -0.05) is 18.2 Å². The van der Waals surface area contributed by atoms with Gasteiger partial charge in [0.15, 0.2) is 17.3 Å². The number of phenols is 4. The molecule has 0 spiro atoms. The number of fused-ring (bicyclic) bond motifs is 1. The third-order valence-electron chi connectivity index (χ3n) is 13.5. The molecule has 3 aromatic carbocycles. The summed E-state index contributed by atoms with van der Waals surface area (Å²) in [5, 5.41) is 206. The minimum absolute atomic E-state index is 0.184. The molecule has 3 fully saturated rings. The number of aliphatic hydroxyl groups is 15. The molecule has 4 aliphatic rings. The van der Waals surface area contributed by atoms with Gasteiger partial charge in [-0.15, -0.1) is 0 Å². The van der Waals surface area contributed by atoms with Crippen molar-refractivity contribution in [1.82, 2.24) is 0 Å². The fraction of sp³-hybridized carbons (Fsp3) is 0.408. The predicted octanol–water partition coefficient (Wildman–Crippen LogP) is -4.75. The van der Waals surface area contributed by atoms with Gasteiger partial charge in [0.25, 0.3) is 0 Å². The van der Waals surface area contributed by atoms with Gasteiger partial charge < -0.3 is 125 Å². The lowest BCUT2D eigenvalue weighted by Gasteiger charge is -2.46. The molecular weight excluding hydrogens is 1040 g/mol. The quantitative estimate of drug-likeness (QED) is 0.0340. The number of hydrogen-bond acceptors (Lipinski definition) is 28. The van der Waals surface area contributed by atoms with Crippen LogP contribution in [0, 0.1) is 0 Å². The second-order valence-corrected chi connectivity index (χ2v) is 18.3. The van der Waals surface area contributed by atoms with Gasteiger partial charge in [-0.25, -0.2) is 0 Å². The van der Waals surface area contributed by atoms with Gasteiger partial charge in [0.05, 0.1) is 19.8 Å². The normalized spacial score (nSPS) is 33.7. The highest BCUT2D eigenvalue weighted by Gasteiger charge is 2.64. The van der Waals surface area contributed by atoms with Gasteiger partial charge in [0.1, 0.15) is 119 Å². The Morgan fingerprint density at radius 1 is 0.584 bits per heavy atom. The molecule has 8 rings (SSSR count). The van der Waals surface area contributed by atoms with E-state index in [0.29, 0.717) is 0 Å². The van der Waals surface area contributed by atoms with Crippen LogP contribution in [0.1, 0.15) is 11.1 Å². The van der Waals surface area contributed by atoms with E-state index < -0.39 is 209 Å². The molecule has 4 aromatic rings. The van der Waals surface area contributed by atoms with Crippen molar-refractivity contribution in [3.63, 3.8) is 0 Å². The summed E-state index contributed by atoms with van der Waals surface area (Å²) in [5.74, 6) is -13.4. The van der Waals surface area contributed by atoms with Crippen LogP contribution in [-0.2, 0) is 30.2 Å². The monoisotopic (exact) mass is 1090 g/mol. The first-order chi connectivity index (χ1) is 36.4. The fourth-order valence-electron chi connectivity index (χ4n) is 9.18. The number of rotatable bonds is 13. The molecular formula is C49H52O28. The number of aromatic hydroxyl groups is 4. The highest BCUT2D eigenvalue weighted by molar-refractivity contribution is 6.28.